The van der Waals surface area contributed by atoms with Crippen molar-refractivity contribution in [1.29, 1.82) is 0 Å². The normalized spacial score (nSPS) is 24.3. The molecule has 1 aromatic heterocycles. The van der Waals surface area contributed by atoms with Crippen LogP contribution in [0.25, 0.3) is 0 Å². The zero-order valence-corrected chi connectivity index (χ0v) is 14.4. The Morgan fingerprint density at radius 2 is 2.09 bits per heavy atom. The van der Waals surface area contributed by atoms with Gasteiger partial charge in [0.25, 0.3) is 5.91 Å². The number of likely N-dealkylation sites (N-methyl/N-ethyl adjacent to an activating group) is 1. The Morgan fingerprint density at radius 1 is 1.35 bits per heavy atom. The van der Waals surface area contributed by atoms with Crippen molar-refractivity contribution in [2.24, 2.45) is 0 Å². The summed E-state index contributed by atoms with van der Waals surface area (Å²) in [6.45, 7) is 4.36. The minimum atomic E-state index is 0.0673. The highest BCUT2D eigenvalue weighted by atomic mass is 16.5. The zero-order valence-electron chi connectivity index (χ0n) is 14.4. The second-order valence-corrected chi connectivity index (χ2v) is 6.94. The average Bonchev–Trinajstić information content (AvgIpc) is 2.85. The topological polar surface area (TPSA) is 45.7 Å². The fourth-order valence-corrected chi connectivity index (χ4v) is 4.13. The second kappa shape index (κ2) is 6.57. The number of hydrogen-bond acceptors (Lipinski definition) is 4. The number of piperidine rings is 1. The van der Waals surface area contributed by atoms with Crippen LogP contribution in [0.3, 0.4) is 0 Å². The smallest absolute Gasteiger partial charge is 0.272 e. The first-order valence-electron chi connectivity index (χ1n) is 8.50. The number of hydrogen-bond donors (Lipinski definition) is 0. The van der Waals surface area contributed by atoms with E-state index >= 15 is 0 Å². The highest BCUT2D eigenvalue weighted by Crippen LogP contribution is 2.40. The standard InChI is InChI=1S/C18H27N3O2/c1-14-5-4-6-16(19-14)17(22)21-11-9-18(10-12-21)8-7-15(13-23-3)20(18)2/h4-6,15H,7-13H2,1-3H3/t15-/m0/s1. The molecule has 3 rings (SSSR count). The molecule has 2 aliphatic heterocycles. The molecule has 0 saturated carbocycles. The summed E-state index contributed by atoms with van der Waals surface area (Å²) >= 11 is 0. The number of aromatic nitrogens is 1. The van der Waals surface area contributed by atoms with Crippen molar-refractivity contribution in [3.05, 3.63) is 29.6 Å². The number of ether oxygens (including phenoxy) is 1. The molecule has 3 heterocycles. The number of carbonyl (C=O) groups is 1. The number of aryl methyl sites for hydroxylation is 1. The Bertz CT molecular complexity index is 567. The van der Waals surface area contributed by atoms with E-state index in [2.05, 4.69) is 16.9 Å². The van der Waals surface area contributed by atoms with Gasteiger partial charge in [0.1, 0.15) is 5.69 Å². The van der Waals surface area contributed by atoms with Gasteiger partial charge in [-0.15, -0.1) is 0 Å². The molecule has 126 valence electrons. The Kier molecular flexibility index (Phi) is 4.69. The molecule has 1 spiro atoms. The summed E-state index contributed by atoms with van der Waals surface area (Å²) in [5.74, 6) is 0.0673. The van der Waals surface area contributed by atoms with E-state index in [1.807, 2.05) is 30.0 Å². The van der Waals surface area contributed by atoms with Gasteiger partial charge in [0.2, 0.25) is 0 Å². The maximum absolute atomic E-state index is 12.6. The Labute approximate surface area is 138 Å². The summed E-state index contributed by atoms with van der Waals surface area (Å²) in [7, 11) is 3.99. The Balaban J connectivity index is 1.63. The van der Waals surface area contributed by atoms with Gasteiger partial charge >= 0.3 is 0 Å². The molecular formula is C18H27N3O2. The SMILES string of the molecule is COC[C@@H]1CCC2(CCN(C(=O)c3cccc(C)n3)CC2)N1C. The van der Waals surface area contributed by atoms with E-state index in [-0.39, 0.29) is 11.4 Å². The first kappa shape index (κ1) is 16.4. The van der Waals surface area contributed by atoms with Crippen LogP contribution in [0.4, 0.5) is 0 Å². The van der Waals surface area contributed by atoms with Gasteiger partial charge in [0.05, 0.1) is 6.61 Å². The molecule has 2 aliphatic rings. The number of pyridine rings is 1. The summed E-state index contributed by atoms with van der Waals surface area (Å²) in [5.41, 5.74) is 1.71. The molecule has 0 aromatic carbocycles. The second-order valence-electron chi connectivity index (χ2n) is 6.94. The predicted octanol–water partition coefficient (Wildman–Crippen LogP) is 2.11. The number of likely N-dealkylation sites (tertiary alicyclic amines) is 2. The maximum Gasteiger partial charge on any atom is 0.272 e. The average molecular weight is 317 g/mol. The van der Waals surface area contributed by atoms with Crippen LogP contribution in [0.2, 0.25) is 0 Å². The fourth-order valence-electron chi connectivity index (χ4n) is 4.13. The lowest BCUT2D eigenvalue weighted by Gasteiger charge is -2.45. The Morgan fingerprint density at radius 3 is 2.74 bits per heavy atom. The lowest BCUT2D eigenvalue weighted by Crippen LogP contribution is -2.54. The van der Waals surface area contributed by atoms with Crippen LogP contribution in [-0.2, 0) is 4.74 Å². The minimum absolute atomic E-state index is 0.0673. The molecule has 2 fully saturated rings. The first-order chi connectivity index (χ1) is 11.1. The van der Waals surface area contributed by atoms with Crippen molar-refractivity contribution in [3.63, 3.8) is 0 Å². The van der Waals surface area contributed by atoms with Crippen LogP contribution in [0, 0.1) is 6.92 Å². The summed E-state index contributed by atoms with van der Waals surface area (Å²) in [4.78, 5) is 21.5. The Hall–Kier alpha value is -1.46. The van der Waals surface area contributed by atoms with Crippen LogP contribution in [-0.4, -0.2) is 66.1 Å². The van der Waals surface area contributed by atoms with Crippen molar-refractivity contribution >= 4 is 5.91 Å². The van der Waals surface area contributed by atoms with E-state index < -0.39 is 0 Å². The number of nitrogens with zero attached hydrogens (tertiary/aromatic N) is 3. The molecule has 0 unspecified atom stereocenters. The molecule has 23 heavy (non-hydrogen) atoms. The molecule has 1 aromatic rings. The number of amides is 1. The quantitative estimate of drug-likeness (QED) is 0.856. The van der Waals surface area contributed by atoms with Gasteiger partial charge in [-0.2, -0.15) is 0 Å². The van der Waals surface area contributed by atoms with E-state index in [4.69, 9.17) is 4.74 Å². The lowest BCUT2D eigenvalue weighted by molar-refractivity contribution is 0.0271. The van der Waals surface area contributed by atoms with Crippen LogP contribution >= 0.6 is 0 Å². The molecule has 0 bridgehead atoms. The molecule has 1 amide bonds. The third-order valence-corrected chi connectivity index (χ3v) is 5.69. The van der Waals surface area contributed by atoms with Crippen LogP contribution in [0.15, 0.2) is 18.2 Å². The summed E-state index contributed by atoms with van der Waals surface area (Å²) in [6.07, 6.45) is 4.49. The molecule has 1 atom stereocenters. The fraction of sp³-hybridized carbons (Fsp3) is 0.667. The largest absolute Gasteiger partial charge is 0.383 e. The number of methoxy groups -OCH3 is 1. The molecule has 0 N–H and O–H groups in total. The van der Waals surface area contributed by atoms with Gasteiger partial charge in [0.15, 0.2) is 0 Å². The number of rotatable bonds is 3. The molecule has 5 heteroatoms. The minimum Gasteiger partial charge on any atom is -0.383 e. The van der Waals surface area contributed by atoms with Gasteiger partial charge in [-0.05, 0) is 51.8 Å². The van der Waals surface area contributed by atoms with Gasteiger partial charge in [-0.25, -0.2) is 4.98 Å². The highest BCUT2D eigenvalue weighted by molar-refractivity contribution is 5.92. The van der Waals surface area contributed by atoms with Gasteiger partial charge < -0.3 is 9.64 Å². The van der Waals surface area contributed by atoms with Gasteiger partial charge in [-0.1, -0.05) is 6.07 Å². The molecule has 2 saturated heterocycles. The van der Waals surface area contributed by atoms with Crippen molar-refractivity contribution < 1.29 is 9.53 Å². The van der Waals surface area contributed by atoms with E-state index in [0.717, 1.165) is 38.2 Å². The maximum atomic E-state index is 12.6. The summed E-state index contributed by atoms with van der Waals surface area (Å²) in [5, 5.41) is 0. The third-order valence-electron chi connectivity index (χ3n) is 5.69. The van der Waals surface area contributed by atoms with Crippen LogP contribution in [0.5, 0.6) is 0 Å². The first-order valence-corrected chi connectivity index (χ1v) is 8.50. The summed E-state index contributed by atoms with van der Waals surface area (Å²) in [6, 6.07) is 6.16. The molecule has 0 radical (unpaired) electrons. The van der Waals surface area contributed by atoms with E-state index in [1.165, 1.54) is 12.8 Å². The predicted molar refractivity (Wildman–Crippen MR) is 89.5 cm³/mol. The monoisotopic (exact) mass is 317 g/mol. The van der Waals surface area contributed by atoms with E-state index in [1.54, 1.807) is 7.11 Å². The van der Waals surface area contributed by atoms with Crippen molar-refractivity contribution in [3.8, 4) is 0 Å². The van der Waals surface area contributed by atoms with Crippen LogP contribution < -0.4 is 0 Å². The molecular weight excluding hydrogens is 290 g/mol. The third kappa shape index (κ3) is 3.12. The zero-order chi connectivity index (χ0) is 16.4. The van der Waals surface area contributed by atoms with E-state index in [9.17, 15) is 4.79 Å². The highest BCUT2D eigenvalue weighted by Gasteiger charge is 2.46. The summed E-state index contributed by atoms with van der Waals surface area (Å²) < 4.78 is 5.34. The van der Waals surface area contributed by atoms with Gasteiger partial charge in [-0.3, -0.25) is 9.69 Å². The lowest BCUT2D eigenvalue weighted by atomic mass is 9.85. The van der Waals surface area contributed by atoms with Crippen LogP contribution in [0.1, 0.15) is 41.9 Å². The van der Waals surface area contributed by atoms with Crippen molar-refractivity contribution in [1.82, 2.24) is 14.8 Å². The van der Waals surface area contributed by atoms with E-state index in [0.29, 0.717) is 11.7 Å². The van der Waals surface area contributed by atoms with Crippen molar-refractivity contribution in [2.75, 3.05) is 33.9 Å². The van der Waals surface area contributed by atoms with Crippen molar-refractivity contribution in [2.45, 2.75) is 44.2 Å². The molecule has 0 aliphatic carbocycles. The van der Waals surface area contributed by atoms with Gasteiger partial charge in [0, 0.05) is 37.5 Å². The molecule has 5 nitrogen and oxygen atoms in total. The number of carbonyl (C=O) groups excluding carboxylic acids is 1.